The van der Waals surface area contributed by atoms with Crippen LogP contribution in [0.15, 0.2) is 59.5 Å². The minimum absolute atomic E-state index is 0.149. The lowest BCUT2D eigenvalue weighted by Gasteiger charge is -2.40. The van der Waals surface area contributed by atoms with Crippen molar-refractivity contribution in [1.29, 1.82) is 0 Å². The fourth-order valence-corrected chi connectivity index (χ4v) is 4.45. The summed E-state index contributed by atoms with van der Waals surface area (Å²) in [6.07, 6.45) is 0. The first-order valence-corrected chi connectivity index (χ1v) is 9.18. The van der Waals surface area contributed by atoms with Crippen molar-refractivity contribution in [2.24, 2.45) is 0 Å². The Morgan fingerprint density at radius 2 is 1.76 bits per heavy atom. The Morgan fingerprint density at radius 1 is 1.12 bits per heavy atom. The molecule has 0 radical (unpaired) electrons. The molecule has 1 aliphatic heterocycles. The van der Waals surface area contributed by atoms with Crippen molar-refractivity contribution in [3.63, 3.8) is 0 Å². The van der Waals surface area contributed by atoms with Crippen molar-refractivity contribution in [2.75, 3.05) is 18.5 Å². The molecular weight excluding hydrogens is 332 g/mol. The van der Waals surface area contributed by atoms with Crippen LogP contribution in [0.3, 0.4) is 0 Å². The monoisotopic (exact) mass is 354 g/mol. The number of rotatable bonds is 4. The van der Waals surface area contributed by atoms with Gasteiger partial charge in [0.15, 0.2) is 4.75 Å². The van der Waals surface area contributed by atoms with Crippen molar-refractivity contribution in [3.8, 4) is 0 Å². The Hall–Kier alpha value is -2.27. The van der Waals surface area contributed by atoms with E-state index in [-0.39, 0.29) is 11.8 Å². The van der Waals surface area contributed by atoms with E-state index in [1.165, 1.54) is 11.8 Å². The zero-order valence-electron chi connectivity index (χ0n) is 14.7. The van der Waals surface area contributed by atoms with Crippen LogP contribution in [0.5, 0.6) is 0 Å². The van der Waals surface area contributed by atoms with E-state index in [2.05, 4.69) is 0 Å². The molecule has 25 heavy (non-hydrogen) atoms. The standard InChI is InChI=1S/C20H22N2O2S/c1-4-22-16-12-8-9-13-17(16)25-20(2,19(22)24)18(23)21(3)14-15-10-6-5-7-11-15/h5-13H,4,14H2,1-3H3. The van der Waals surface area contributed by atoms with Gasteiger partial charge in [-0.05, 0) is 31.5 Å². The molecular formula is C20H22N2O2S. The number of benzene rings is 2. The molecule has 1 atom stereocenters. The molecule has 0 saturated heterocycles. The Kier molecular flexibility index (Phi) is 4.86. The van der Waals surface area contributed by atoms with Crippen molar-refractivity contribution in [3.05, 3.63) is 60.2 Å². The molecule has 3 rings (SSSR count). The highest BCUT2D eigenvalue weighted by Crippen LogP contribution is 2.45. The molecule has 0 fully saturated rings. The molecule has 0 saturated carbocycles. The summed E-state index contributed by atoms with van der Waals surface area (Å²) < 4.78 is -1.14. The summed E-state index contributed by atoms with van der Waals surface area (Å²) in [7, 11) is 1.76. The predicted octanol–water partition coefficient (Wildman–Crippen LogP) is 3.56. The van der Waals surface area contributed by atoms with E-state index in [1.54, 1.807) is 23.8 Å². The first-order chi connectivity index (χ1) is 12.0. The fourth-order valence-electron chi connectivity index (χ4n) is 3.14. The van der Waals surface area contributed by atoms with Crippen LogP contribution in [0.4, 0.5) is 5.69 Å². The van der Waals surface area contributed by atoms with Gasteiger partial charge in [-0.15, -0.1) is 0 Å². The summed E-state index contributed by atoms with van der Waals surface area (Å²) in [5, 5.41) is 0. The van der Waals surface area contributed by atoms with Crippen LogP contribution in [-0.2, 0) is 16.1 Å². The zero-order chi connectivity index (χ0) is 18.0. The molecule has 0 N–H and O–H groups in total. The molecule has 5 heteroatoms. The third kappa shape index (κ3) is 3.16. The number of amides is 2. The molecule has 2 amide bonds. The highest BCUT2D eigenvalue weighted by Gasteiger charge is 2.49. The van der Waals surface area contributed by atoms with Gasteiger partial charge in [-0.25, -0.2) is 0 Å². The molecule has 0 aromatic heterocycles. The fraction of sp³-hybridized carbons (Fsp3) is 0.300. The topological polar surface area (TPSA) is 40.6 Å². The Labute approximate surface area is 152 Å². The van der Waals surface area contributed by atoms with Crippen molar-refractivity contribution in [2.45, 2.75) is 30.0 Å². The quantitative estimate of drug-likeness (QED) is 0.788. The molecule has 0 aliphatic carbocycles. The maximum Gasteiger partial charge on any atom is 0.252 e. The number of fused-ring (bicyclic) bond motifs is 1. The minimum Gasteiger partial charge on any atom is -0.340 e. The molecule has 0 bridgehead atoms. The largest absolute Gasteiger partial charge is 0.340 e. The average Bonchev–Trinajstić information content (AvgIpc) is 2.63. The molecule has 1 unspecified atom stereocenters. The highest BCUT2D eigenvalue weighted by atomic mass is 32.2. The second kappa shape index (κ2) is 6.92. The molecule has 2 aromatic rings. The van der Waals surface area contributed by atoms with Crippen molar-refractivity contribution < 1.29 is 9.59 Å². The summed E-state index contributed by atoms with van der Waals surface area (Å²) in [6.45, 7) is 4.70. The van der Waals surface area contributed by atoms with E-state index >= 15 is 0 Å². The summed E-state index contributed by atoms with van der Waals surface area (Å²) in [6, 6.07) is 17.6. The summed E-state index contributed by atoms with van der Waals surface area (Å²) in [5.74, 6) is -0.317. The Balaban J connectivity index is 1.89. The van der Waals surface area contributed by atoms with Gasteiger partial charge in [0.1, 0.15) is 0 Å². The second-order valence-electron chi connectivity index (χ2n) is 6.30. The van der Waals surface area contributed by atoms with Crippen LogP contribution in [-0.4, -0.2) is 35.1 Å². The van der Waals surface area contributed by atoms with Crippen LogP contribution in [0, 0.1) is 0 Å². The molecule has 1 aliphatic rings. The van der Waals surface area contributed by atoms with Crippen LogP contribution in [0.25, 0.3) is 0 Å². The Bertz CT molecular complexity index is 793. The van der Waals surface area contributed by atoms with E-state index in [0.29, 0.717) is 13.1 Å². The number of anilines is 1. The lowest BCUT2D eigenvalue weighted by atomic mass is 10.1. The summed E-state index contributed by atoms with van der Waals surface area (Å²) in [5.41, 5.74) is 1.93. The van der Waals surface area contributed by atoms with E-state index in [0.717, 1.165) is 16.1 Å². The third-order valence-electron chi connectivity index (χ3n) is 4.46. The van der Waals surface area contributed by atoms with Gasteiger partial charge in [-0.3, -0.25) is 9.59 Å². The lowest BCUT2D eigenvalue weighted by molar-refractivity contribution is -0.137. The zero-order valence-corrected chi connectivity index (χ0v) is 15.5. The van der Waals surface area contributed by atoms with Gasteiger partial charge in [0.25, 0.3) is 5.91 Å². The van der Waals surface area contributed by atoms with E-state index in [9.17, 15) is 9.59 Å². The molecule has 4 nitrogen and oxygen atoms in total. The van der Waals surface area contributed by atoms with E-state index < -0.39 is 4.75 Å². The highest BCUT2D eigenvalue weighted by molar-refractivity contribution is 8.02. The van der Waals surface area contributed by atoms with Gasteiger partial charge in [0.05, 0.1) is 5.69 Å². The third-order valence-corrected chi connectivity index (χ3v) is 5.78. The lowest BCUT2D eigenvalue weighted by Crippen LogP contribution is -2.56. The predicted molar refractivity (Wildman–Crippen MR) is 102 cm³/mol. The second-order valence-corrected chi connectivity index (χ2v) is 7.76. The number of carbonyl (C=O) groups is 2. The number of hydrogen-bond acceptors (Lipinski definition) is 3. The number of hydrogen-bond donors (Lipinski definition) is 0. The van der Waals surface area contributed by atoms with Crippen molar-refractivity contribution in [1.82, 2.24) is 4.90 Å². The molecule has 0 spiro atoms. The van der Waals surface area contributed by atoms with Gasteiger partial charge < -0.3 is 9.80 Å². The maximum absolute atomic E-state index is 13.2. The van der Waals surface area contributed by atoms with Crippen LogP contribution < -0.4 is 4.90 Å². The van der Waals surface area contributed by atoms with Gasteiger partial charge >= 0.3 is 0 Å². The number of thioether (sulfide) groups is 1. The summed E-state index contributed by atoms with van der Waals surface area (Å²) >= 11 is 1.35. The first kappa shape index (κ1) is 17.5. The maximum atomic E-state index is 13.2. The van der Waals surface area contributed by atoms with Crippen LogP contribution in [0.2, 0.25) is 0 Å². The van der Waals surface area contributed by atoms with Gasteiger partial charge in [0, 0.05) is 25.0 Å². The van der Waals surface area contributed by atoms with Gasteiger partial charge in [-0.1, -0.05) is 54.2 Å². The van der Waals surface area contributed by atoms with Gasteiger partial charge in [0.2, 0.25) is 5.91 Å². The van der Waals surface area contributed by atoms with Crippen LogP contribution >= 0.6 is 11.8 Å². The molecule has 2 aromatic carbocycles. The van der Waals surface area contributed by atoms with Crippen molar-refractivity contribution >= 4 is 29.3 Å². The SMILES string of the molecule is CCN1C(=O)C(C)(C(=O)N(C)Cc2ccccc2)Sc2ccccc21. The normalized spacial score (nSPS) is 19.5. The smallest absolute Gasteiger partial charge is 0.252 e. The average molecular weight is 354 g/mol. The number of carbonyl (C=O) groups excluding carboxylic acids is 2. The van der Waals surface area contributed by atoms with Gasteiger partial charge in [-0.2, -0.15) is 0 Å². The number of para-hydroxylation sites is 1. The molecule has 130 valence electrons. The van der Waals surface area contributed by atoms with E-state index in [4.69, 9.17) is 0 Å². The Morgan fingerprint density at radius 3 is 2.44 bits per heavy atom. The summed E-state index contributed by atoms with van der Waals surface area (Å²) in [4.78, 5) is 30.6. The molecule has 1 heterocycles. The van der Waals surface area contributed by atoms with Crippen LogP contribution in [0.1, 0.15) is 19.4 Å². The minimum atomic E-state index is -1.14. The van der Waals surface area contributed by atoms with E-state index in [1.807, 2.05) is 61.5 Å². The first-order valence-electron chi connectivity index (χ1n) is 8.37. The number of nitrogens with zero attached hydrogens (tertiary/aromatic N) is 2.